The van der Waals surface area contributed by atoms with E-state index >= 15 is 0 Å². The van der Waals surface area contributed by atoms with Crippen LogP contribution in [0.15, 0.2) is 34.7 Å². The molecule has 0 atom stereocenters. The number of piperazine rings is 1. The predicted octanol–water partition coefficient (Wildman–Crippen LogP) is 3.55. The number of aromatic nitrogens is 3. The molecule has 9 heteroatoms. The van der Waals surface area contributed by atoms with Gasteiger partial charge in [0.05, 0.1) is 5.56 Å². The second-order valence-corrected chi connectivity index (χ2v) is 8.43. The highest BCUT2D eigenvalue weighted by atomic mass is 16.3. The van der Waals surface area contributed by atoms with Gasteiger partial charge in [0.15, 0.2) is 5.82 Å². The number of hydrogen-bond donors (Lipinski definition) is 2. The van der Waals surface area contributed by atoms with Gasteiger partial charge in [-0.3, -0.25) is 9.89 Å². The summed E-state index contributed by atoms with van der Waals surface area (Å²) in [4.78, 5) is 33.5. The van der Waals surface area contributed by atoms with E-state index in [9.17, 15) is 9.59 Å². The van der Waals surface area contributed by atoms with Gasteiger partial charge in [0.2, 0.25) is 0 Å². The smallest absolute Gasteiger partial charge is 0.321 e. The minimum absolute atomic E-state index is 0.0492. The number of rotatable bonds is 4. The number of furan rings is 1. The van der Waals surface area contributed by atoms with Crippen molar-refractivity contribution in [3.8, 4) is 11.4 Å². The number of carbonyl (C=O) groups excluding carboxylic acids is 2. The summed E-state index contributed by atoms with van der Waals surface area (Å²) in [7, 11) is 0. The van der Waals surface area contributed by atoms with Gasteiger partial charge >= 0.3 is 6.03 Å². The van der Waals surface area contributed by atoms with Crippen LogP contribution < -0.4 is 5.32 Å². The number of carbonyl (C=O) groups is 2. The van der Waals surface area contributed by atoms with Crippen molar-refractivity contribution in [2.45, 2.75) is 32.6 Å². The first-order chi connectivity index (χ1) is 15.5. The van der Waals surface area contributed by atoms with E-state index in [2.05, 4.69) is 20.5 Å². The maximum Gasteiger partial charge on any atom is 0.321 e. The zero-order chi connectivity index (χ0) is 22.2. The Balaban J connectivity index is 1.15. The van der Waals surface area contributed by atoms with E-state index in [1.807, 2.05) is 31.2 Å². The molecule has 1 aliphatic heterocycles. The molecule has 1 aliphatic carbocycles. The van der Waals surface area contributed by atoms with Crippen molar-refractivity contribution >= 4 is 17.6 Å². The lowest BCUT2D eigenvalue weighted by Crippen LogP contribution is -2.51. The van der Waals surface area contributed by atoms with Gasteiger partial charge in [0, 0.05) is 43.3 Å². The SMILES string of the molecule is Cc1cc(C(=O)N2CCN(C(=O)Nc3ccc(-c4n[nH]c(C5CC5)n4)cc3)CC2)c(C)o1. The topological polar surface area (TPSA) is 107 Å². The fourth-order valence-corrected chi connectivity index (χ4v) is 3.97. The Morgan fingerprint density at radius 2 is 1.75 bits per heavy atom. The van der Waals surface area contributed by atoms with Gasteiger partial charge in [-0.1, -0.05) is 0 Å². The first-order valence-electron chi connectivity index (χ1n) is 10.9. The molecule has 0 unspecified atom stereocenters. The summed E-state index contributed by atoms with van der Waals surface area (Å²) in [6.07, 6.45) is 2.34. The average molecular weight is 435 g/mol. The van der Waals surface area contributed by atoms with Gasteiger partial charge < -0.3 is 19.5 Å². The van der Waals surface area contributed by atoms with Gasteiger partial charge in [-0.15, -0.1) is 0 Å². The maximum absolute atomic E-state index is 12.7. The van der Waals surface area contributed by atoms with E-state index in [0.29, 0.717) is 54.9 Å². The molecule has 5 rings (SSSR count). The highest BCUT2D eigenvalue weighted by molar-refractivity contribution is 5.95. The molecule has 166 valence electrons. The molecule has 2 fully saturated rings. The lowest BCUT2D eigenvalue weighted by atomic mass is 10.2. The van der Waals surface area contributed by atoms with Crippen LogP contribution in [0.5, 0.6) is 0 Å². The molecule has 2 aliphatic rings. The number of amides is 3. The van der Waals surface area contributed by atoms with E-state index in [4.69, 9.17) is 4.42 Å². The van der Waals surface area contributed by atoms with Crippen molar-refractivity contribution in [1.29, 1.82) is 0 Å². The van der Waals surface area contributed by atoms with Crippen molar-refractivity contribution < 1.29 is 14.0 Å². The summed E-state index contributed by atoms with van der Waals surface area (Å²) in [6.45, 7) is 5.56. The third-order valence-electron chi connectivity index (χ3n) is 5.99. The first-order valence-corrected chi connectivity index (χ1v) is 10.9. The summed E-state index contributed by atoms with van der Waals surface area (Å²) in [5, 5.41) is 10.2. The predicted molar refractivity (Wildman–Crippen MR) is 118 cm³/mol. The van der Waals surface area contributed by atoms with Crippen molar-refractivity contribution in [2.24, 2.45) is 0 Å². The van der Waals surface area contributed by atoms with Crippen LogP contribution in [0.3, 0.4) is 0 Å². The molecule has 32 heavy (non-hydrogen) atoms. The minimum atomic E-state index is -0.172. The van der Waals surface area contributed by atoms with E-state index in [0.717, 1.165) is 17.1 Å². The number of H-pyrrole nitrogens is 1. The number of nitrogens with one attached hydrogen (secondary N) is 2. The van der Waals surface area contributed by atoms with Crippen LogP contribution in [0.25, 0.3) is 11.4 Å². The Labute approximate surface area is 185 Å². The van der Waals surface area contributed by atoms with Crippen LogP contribution >= 0.6 is 0 Å². The van der Waals surface area contributed by atoms with E-state index < -0.39 is 0 Å². The van der Waals surface area contributed by atoms with Crippen molar-refractivity contribution in [2.75, 3.05) is 31.5 Å². The molecule has 9 nitrogen and oxygen atoms in total. The van der Waals surface area contributed by atoms with E-state index in [1.54, 1.807) is 22.8 Å². The highest BCUT2D eigenvalue weighted by Gasteiger charge is 2.28. The van der Waals surface area contributed by atoms with Gasteiger partial charge in [0.25, 0.3) is 5.91 Å². The summed E-state index contributed by atoms with van der Waals surface area (Å²) in [5.41, 5.74) is 2.21. The molecule has 3 amide bonds. The molecule has 0 spiro atoms. The second-order valence-electron chi connectivity index (χ2n) is 8.43. The molecule has 1 saturated heterocycles. The number of benzene rings is 1. The fraction of sp³-hybridized carbons (Fsp3) is 0.391. The van der Waals surface area contributed by atoms with Gasteiger partial charge in [-0.25, -0.2) is 9.78 Å². The number of nitrogens with zero attached hydrogens (tertiary/aromatic N) is 4. The van der Waals surface area contributed by atoms with Crippen LogP contribution in [0.2, 0.25) is 0 Å². The maximum atomic E-state index is 12.7. The summed E-state index contributed by atoms with van der Waals surface area (Å²) < 4.78 is 5.47. The largest absolute Gasteiger partial charge is 0.466 e. The molecule has 3 aromatic rings. The van der Waals surface area contributed by atoms with Crippen LogP contribution in [0.4, 0.5) is 10.5 Å². The van der Waals surface area contributed by atoms with Crippen LogP contribution in [0.1, 0.15) is 46.5 Å². The Morgan fingerprint density at radius 1 is 1.06 bits per heavy atom. The van der Waals surface area contributed by atoms with Gasteiger partial charge in [-0.05, 0) is 57.0 Å². The normalized spacial score (nSPS) is 16.3. The van der Waals surface area contributed by atoms with Crippen LogP contribution in [-0.2, 0) is 0 Å². The fourth-order valence-electron chi connectivity index (χ4n) is 3.97. The number of hydrogen-bond acceptors (Lipinski definition) is 5. The second kappa shape index (κ2) is 8.14. The van der Waals surface area contributed by atoms with Crippen molar-refractivity contribution in [3.63, 3.8) is 0 Å². The Hall–Kier alpha value is -3.62. The monoisotopic (exact) mass is 434 g/mol. The quantitative estimate of drug-likeness (QED) is 0.653. The van der Waals surface area contributed by atoms with Gasteiger partial charge in [-0.2, -0.15) is 5.10 Å². The van der Waals surface area contributed by atoms with Gasteiger partial charge in [0.1, 0.15) is 17.3 Å². The molecule has 2 aromatic heterocycles. The summed E-state index contributed by atoms with van der Waals surface area (Å²) in [5.74, 6) is 3.46. The third kappa shape index (κ3) is 4.10. The minimum Gasteiger partial charge on any atom is -0.466 e. The Bertz CT molecular complexity index is 1140. The lowest BCUT2D eigenvalue weighted by molar-refractivity contribution is 0.0670. The molecule has 0 bridgehead atoms. The molecular weight excluding hydrogens is 408 g/mol. The summed E-state index contributed by atoms with van der Waals surface area (Å²) in [6, 6.07) is 9.11. The van der Waals surface area contributed by atoms with E-state index in [1.165, 1.54) is 12.8 Å². The number of aryl methyl sites for hydroxylation is 2. The summed E-state index contributed by atoms with van der Waals surface area (Å²) >= 11 is 0. The zero-order valence-electron chi connectivity index (χ0n) is 18.2. The molecule has 2 N–H and O–H groups in total. The number of aromatic amines is 1. The Kier molecular flexibility index (Phi) is 5.16. The Morgan fingerprint density at radius 3 is 2.38 bits per heavy atom. The van der Waals surface area contributed by atoms with Crippen molar-refractivity contribution in [3.05, 3.63) is 53.2 Å². The third-order valence-corrected chi connectivity index (χ3v) is 5.99. The van der Waals surface area contributed by atoms with E-state index in [-0.39, 0.29) is 11.9 Å². The molecule has 3 heterocycles. The number of anilines is 1. The number of urea groups is 1. The lowest BCUT2D eigenvalue weighted by Gasteiger charge is -2.34. The average Bonchev–Trinajstić information content (AvgIpc) is 3.43. The zero-order valence-corrected chi connectivity index (χ0v) is 18.2. The molecule has 0 radical (unpaired) electrons. The molecular formula is C23H26N6O3. The standard InChI is InChI=1S/C23H26N6O3/c1-14-13-19(15(2)32-14)22(30)28-9-11-29(12-10-28)23(31)24-18-7-5-17(6-8-18)21-25-20(26-27-21)16-3-4-16/h5-8,13,16H,3-4,9-12H2,1-2H3,(H,24,31)(H,25,26,27). The van der Waals surface area contributed by atoms with Crippen molar-refractivity contribution in [1.82, 2.24) is 25.0 Å². The molecule has 1 aromatic carbocycles. The highest BCUT2D eigenvalue weighted by Crippen LogP contribution is 2.38. The van der Waals surface area contributed by atoms with Crippen LogP contribution in [-0.4, -0.2) is 63.1 Å². The first kappa shape index (κ1) is 20.3. The van der Waals surface area contributed by atoms with Crippen LogP contribution in [0, 0.1) is 13.8 Å². The molecule has 1 saturated carbocycles.